The Labute approximate surface area is 257 Å². The summed E-state index contributed by atoms with van der Waals surface area (Å²) in [5, 5.41) is 5.02. The summed E-state index contributed by atoms with van der Waals surface area (Å²) < 4.78 is 4.98. The van der Waals surface area contributed by atoms with Crippen LogP contribution in [0.15, 0.2) is 146 Å². The first-order chi connectivity index (χ1) is 21.8. The van der Waals surface area contributed by atoms with Gasteiger partial charge in [0.1, 0.15) is 0 Å². The standard InChI is InChI=1S/C39H24N4S/c1-3-13-25(14-4-1)37-40-38(26-15-5-2-6-16-26)42-39(41-37)31-19-8-11-21-33(31)43-32-20-10-7-17-27(32)29-23-24-30-28-18-9-12-22-34(28)44-36(30)35(29)43/h1-24H. The smallest absolute Gasteiger partial charge is 0.166 e. The zero-order valence-corrected chi connectivity index (χ0v) is 24.4. The Morgan fingerprint density at radius 2 is 1.00 bits per heavy atom. The second kappa shape index (κ2) is 9.97. The van der Waals surface area contributed by atoms with Gasteiger partial charge in [0.15, 0.2) is 17.5 Å². The van der Waals surface area contributed by atoms with Crippen LogP contribution in [0.2, 0.25) is 0 Å². The average Bonchev–Trinajstić information content (AvgIpc) is 3.65. The molecule has 206 valence electrons. The summed E-state index contributed by atoms with van der Waals surface area (Å²) in [5.41, 5.74) is 6.25. The maximum absolute atomic E-state index is 5.09. The lowest BCUT2D eigenvalue weighted by Gasteiger charge is -2.15. The fraction of sp³-hybridized carbons (Fsp3) is 0. The SMILES string of the molecule is c1ccc(-c2nc(-c3ccccc3)nc(-c3ccccc3-n3c4ccccc4c4ccc5c6ccccc6sc5c43)n2)cc1. The van der Waals surface area contributed by atoms with Crippen LogP contribution in [0.4, 0.5) is 0 Å². The van der Waals surface area contributed by atoms with Crippen molar-refractivity contribution in [3.8, 4) is 39.9 Å². The molecule has 0 aliphatic rings. The monoisotopic (exact) mass is 580 g/mol. The molecule has 0 saturated carbocycles. The molecule has 0 amide bonds. The van der Waals surface area contributed by atoms with E-state index in [0.29, 0.717) is 17.5 Å². The molecule has 44 heavy (non-hydrogen) atoms. The van der Waals surface area contributed by atoms with E-state index in [1.807, 2.05) is 72.0 Å². The van der Waals surface area contributed by atoms with Crippen molar-refractivity contribution in [2.24, 2.45) is 0 Å². The highest BCUT2D eigenvalue weighted by Crippen LogP contribution is 2.44. The molecule has 0 atom stereocenters. The molecule has 6 aromatic carbocycles. The summed E-state index contributed by atoms with van der Waals surface area (Å²) in [6.45, 7) is 0. The third-order valence-corrected chi connectivity index (χ3v) is 9.46. The van der Waals surface area contributed by atoms with Crippen molar-refractivity contribution in [1.82, 2.24) is 19.5 Å². The van der Waals surface area contributed by atoms with Gasteiger partial charge in [0, 0.05) is 42.9 Å². The van der Waals surface area contributed by atoms with E-state index in [-0.39, 0.29) is 0 Å². The van der Waals surface area contributed by atoms with Crippen LogP contribution in [0.5, 0.6) is 0 Å². The molecular formula is C39H24N4S. The summed E-state index contributed by atoms with van der Waals surface area (Å²) in [7, 11) is 0. The van der Waals surface area contributed by atoms with Gasteiger partial charge in [-0.15, -0.1) is 11.3 Å². The van der Waals surface area contributed by atoms with Gasteiger partial charge in [0.2, 0.25) is 0 Å². The summed E-state index contributed by atoms with van der Waals surface area (Å²) in [6, 6.07) is 50.7. The number of rotatable bonds is 4. The average molecular weight is 581 g/mol. The van der Waals surface area contributed by atoms with Crippen LogP contribution in [0.1, 0.15) is 0 Å². The first kappa shape index (κ1) is 24.9. The Morgan fingerprint density at radius 1 is 0.432 bits per heavy atom. The van der Waals surface area contributed by atoms with Crippen molar-refractivity contribution in [2.45, 2.75) is 0 Å². The molecule has 0 fully saturated rings. The number of para-hydroxylation sites is 2. The van der Waals surface area contributed by atoms with Crippen molar-refractivity contribution >= 4 is 53.3 Å². The van der Waals surface area contributed by atoms with Crippen LogP contribution >= 0.6 is 11.3 Å². The molecule has 0 saturated heterocycles. The van der Waals surface area contributed by atoms with Gasteiger partial charge in [-0.05, 0) is 24.3 Å². The van der Waals surface area contributed by atoms with Gasteiger partial charge < -0.3 is 4.57 Å². The molecule has 3 aromatic heterocycles. The fourth-order valence-corrected chi connectivity index (χ4v) is 7.51. The lowest BCUT2D eigenvalue weighted by atomic mass is 10.1. The summed E-state index contributed by atoms with van der Waals surface area (Å²) >= 11 is 1.85. The van der Waals surface area contributed by atoms with E-state index in [4.69, 9.17) is 15.0 Å². The largest absolute Gasteiger partial charge is 0.307 e. The van der Waals surface area contributed by atoms with Crippen LogP contribution in [0.25, 0.3) is 81.8 Å². The van der Waals surface area contributed by atoms with Crippen LogP contribution in [0.3, 0.4) is 0 Å². The number of aromatic nitrogens is 4. The topological polar surface area (TPSA) is 43.6 Å². The maximum Gasteiger partial charge on any atom is 0.166 e. The number of benzene rings is 6. The molecule has 0 aliphatic carbocycles. The number of hydrogen-bond donors (Lipinski definition) is 0. The second-order valence-electron chi connectivity index (χ2n) is 10.8. The third kappa shape index (κ3) is 3.87. The fourth-order valence-electron chi connectivity index (χ4n) is 6.27. The molecule has 0 unspecified atom stereocenters. The van der Waals surface area contributed by atoms with Gasteiger partial charge >= 0.3 is 0 Å². The second-order valence-corrected chi connectivity index (χ2v) is 11.9. The van der Waals surface area contributed by atoms with Gasteiger partial charge in [0.05, 0.1) is 21.4 Å². The summed E-state index contributed by atoms with van der Waals surface area (Å²) in [6.07, 6.45) is 0. The highest BCUT2D eigenvalue weighted by molar-refractivity contribution is 7.26. The highest BCUT2D eigenvalue weighted by Gasteiger charge is 2.21. The highest BCUT2D eigenvalue weighted by atomic mass is 32.1. The molecule has 0 radical (unpaired) electrons. The first-order valence-corrected chi connectivity index (χ1v) is 15.5. The van der Waals surface area contributed by atoms with E-state index >= 15 is 0 Å². The zero-order valence-electron chi connectivity index (χ0n) is 23.6. The minimum atomic E-state index is 0.641. The van der Waals surface area contributed by atoms with E-state index in [9.17, 15) is 0 Å². The van der Waals surface area contributed by atoms with Crippen molar-refractivity contribution in [3.05, 3.63) is 146 Å². The number of thiophene rings is 1. The maximum atomic E-state index is 5.09. The Hall–Kier alpha value is -5.65. The number of nitrogens with zero attached hydrogens (tertiary/aromatic N) is 4. The lowest BCUT2D eigenvalue weighted by Crippen LogP contribution is -2.03. The molecule has 9 aromatic rings. The van der Waals surface area contributed by atoms with Gasteiger partial charge in [-0.1, -0.05) is 121 Å². The molecule has 9 rings (SSSR count). The lowest BCUT2D eigenvalue weighted by molar-refractivity contribution is 1.06. The predicted molar refractivity (Wildman–Crippen MR) is 183 cm³/mol. The first-order valence-electron chi connectivity index (χ1n) is 14.6. The molecule has 5 heteroatoms. The molecule has 0 bridgehead atoms. The van der Waals surface area contributed by atoms with Crippen LogP contribution in [-0.4, -0.2) is 19.5 Å². The van der Waals surface area contributed by atoms with E-state index in [1.54, 1.807) is 0 Å². The Morgan fingerprint density at radius 3 is 1.75 bits per heavy atom. The number of fused-ring (bicyclic) bond motifs is 7. The summed E-state index contributed by atoms with van der Waals surface area (Å²) in [5.74, 6) is 1.94. The van der Waals surface area contributed by atoms with E-state index in [2.05, 4.69) is 89.5 Å². The number of hydrogen-bond acceptors (Lipinski definition) is 4. The Kier molecular flexibility index (Phi) is 5.64. The Balaban J connectivity index is 1.37. The molecule has 0 N–H and O–H groups in total. The van der Waals surface area contributed by atoms with Crippen molar-refractivity contribution in [2.75, 3.05) is 0 Å². The third-order valence-electron chi connectivity index (χ3n) is 8.26. The Bertz CT molecular complexity index is 2440. The van der Waals surface area contributed by atoms with Gasteiger partial charge in [-0.2, -0.15) is 0 Å². The van der Waals surface area contributed by atoms with Gasteiger partial charge in [0.25, 0.3) is 0 Å². The quantitative estimate of drug-likeness (QED) is 0.208. The van der Waals surface area contributed by atoms with Crippen LogP contribution < -0.4 is 0 Å². The minimum absolute atomic E-state index is 0.641. The molecule has 3 heterocycles. The van der Waals surface area contributed by atoms with Crippen molar-refractivity contribution < 1.29 is 0 Å². The zero-order chi connectivity index (χ0) is 29.0. The van der Waals surface area contributed by atoms with Crippen LogP contribution in [0, 0.1) is 0 Å². The minimum Gasteiger partial charge on any atom is -0.307 e. The van der Waals surface area contributed by atoms with Crippen molar-refractivity contribution in [3.63, 3.8) is 0 Å². The van der Waals surface area contributed by atoms with Gasteiger partial charge in [-0.3, -0.25) is 0 Å². The van der Waals surface area contributed by atoms with E-state index < -0.39 is 0 Å². The van der Waals surface area contributed by atoms with Crippen LogP contribution in [-0.2, 0) is 0 Å². The molecule has 0 aliphatic heterocycles. The molecule has 4 nitrogen and oxygen atoms in total. The van der Waals surface area contributed by atoms with E-state index in [1.165, 1.54) is 36.5 Å². The molecule has 0 spiro atoms. The molecular weight excluding hydrogens is 557 g/mol. The van der Waals surface area contributed by atoms with E-state index in [0.717, 1.165) is 27.9 Å². The summed E-state index contributed by atoms with van der Waals surface area (Å²) in [4.78, 5) is 15.1. The van der Waals surface area contributed by atoms with Crippen molar-refractivity contribution in [1.29, 1.82) is 0 Å². The predicted octanol–water partition coefficient (Wildman–Crippen LogP) is 10.3. The normalized spacial score (nSPS) is 11.6. The van der Waals surface area contributed by atoms with Gasteiger partial charge in [-0.25, -0.2) is 15.0 Å².